The summed E-state index contributed by atoms with van der Waals surface area (Å²) in [5, 5.41) is 4.24. The molecule has 27 heavy (non-hydrogen) atoms. The quantitative estimate of drug-likeness (QED) is 0.606. The molecule has 1 atom stereocenters. The van der Waals surface area contributed by atoms with Gasteiger partial charge in [-0.2, -0.15) is 0 Å². The van der Waals surface area contributed by atoms with Crippen molar-refractivity contribution in [2.24, 2.45) is 0 Å². The summed E-state index contributed by atoms with van der Waals surface area (Å²) in [6.07, 6.45) is 0. The number of rotatable bonds is 5. The first-order valence-electron chi connectivity index (χ1n) is 9.57. The predicted molar refractivity (Wildman–Crippen MR) is 109 cm³/mol. The summed E-state index contributed by atoms with van der Waals surface area (Å²) in [6.45, 7) is 7.21. The van der Waals surface area contributed by atoms with Gasteiger partial charge in [0, 0.05) is 5.69 Å². The highest BCUT2D eigenvalue weighted by molar-refractivity contribution is 7.18. The summed E-state index contributed by atoms with van der Waals surface area (Å²) in [4.78, 5) is 20.2. The third-order valence-corrected chi connectivity index (χ3v) is 6.42. The normalized spacial score (nSPS) is 21.1. The molecule has 0 unspecified atom stereocenters. The van der Waals surface area contributed by atoms with Crippen LogP contribution in [0.15, 0.2) is 54.6 Å². The number of nitrogens with zero attached hydrogens (tertiary/aromatic N) is 1. The summed E-state index contributed by atoms with van der Waals surface area (Å²) >= 11 is 1.80. The highest BCUT2D eigenvalue weighted by Crippen LogP contribution is 2.20. The molecule has 0 saturated carbocycles. The van der Waals surface area contributed by atoms with Crippen LogP contribution in [-0.2, 0) is 11.3 Å². The molecule has 1 saturated heterocycles. The molecule has 2 heterocycles. The van der Waals surface area contributed by atoms with Crippen molar-refractivity contribution in [3.05, 3.63) is 59.6 Å². The number of benzene rings is 2. The van der Waals surface area contributed by atoms with Crippen LogP contribution in [0, 0.1) is 0 Å². The molecule has 4 rings (SSSR count). The zero-order valence-electron chi connectivity index (χ0n) is 15.6. The molecule has 0 spiro atoms. The fraction of sp³-hybridized carbons (Fsp3) is 0.333. The highest BCUT2D eigenvalue weighted by atomic mass is 32.1. The van der Waals surface area contributed by atoms with Crippen LogP contribution in [0.4, 0.5) is 5.69 Å². The second kappa shape index (κ2) is 8.17. The number of carbonyl (C=O) groups is 1. The Labute approximate surface area is 163 Å². The van der Waals surface area contributed by atoms with Gasteiger partial charge >= 0.3 is 0 Å². The smallest absolute Gasteiger partial charge is 0.282 e. The lowest BCUT2D eigenvalue weighted by atomic mass is 10.2. The summed E-state index contributed by atoms with van der Waals surface area (Å²) in [6, 6.07) is 18.0. The van der Waals surface area contributed by atoms with E-state index >= 15 is 0 Å². The van der Waals surface area contributed by atoms with Gasteiger partial charge in [-0.05, 0) is 31.2 Å². The molecule has 3 N–H and O–H groups in total. The number of fused-ring (bicyclic) bond motifs is 1. The Morgan fingerprint density at radius 3 is 2.52 bits per heavy atom. The van der Waals surface area contributed by atoms with Crippen molar-refractivity contribution in [2.75, 3.05) is 31.5 Å². The van der Waals surface area contributed by atoms with E-state index in [-0.39, 0.29) is 11.9 Å². The van der Waals surface area contributed by atoms with Gasteiger partial charge in [0.15, 0.2) is 6.04 Å². The summed E-state index contributed by atoms with van der Waals surface area (Å²) in [7, 11) is 0. The molecule has 140 valence electrons. The average molecular weight is 383 g/mol. The standard InChI is InChI=1S/C21H24N4OS/c1-16(21(26)22-17-7-3-2-4-8-17)25-13-11-24(12-14-25)15-20-23-18-9-5-6-10-19(18)27-20/h2-10,16H,11-15H2,1H3,(H,22,26)/p+2/t16-/m1/s1. The van der Waals surface area contributed by atoms with Crippen LogP contribution in [0.25, 0.3) is 10.2 Å². The number of hydrogen-bond donors (Lipinski definition) is 3. The van der Waals surface area contributed by atoms with Crippen LogP contribution in [-0.4, -0.2) is 43.1 Å². The second-order valence-corrected chi connectivity index (χ2v) is 8.35. The molecule has 1 amide bonds. The monoisotopic (exact) mass is 382 g/mol. The predicted octanol–water partition coefficient (Wildman–Crippen LogP) is 0.607. The first kappa shape index (κ1) is 18.1. The van der Waals surface area contributed by atoms with Gasteiger partial charge in [0.1, 0.15) is 37.7 Å². The number of nitrogens with one attached hydrogen (secondary N) is 3. The fourth-order valence-electron chi connectivity index (χ4n) is 3.70. The number of carbonyl (C=O) groups excluding carboxylic acids is 1. The summed E-state index contributed by atoms with van der Waals surface area (Å²) in [5.41, 5.74) is 1.97. The third kappa shape index (κ3) is 4.35. The Balaban J connectivity index is 1.29. The van der Waals surface area contributed by atoms with E-state index in [1.54, 1.807) is 16.2 Å². The molecular formula is C21H26N4OS+2. The molecule has 1 aromatic heterocycles. The number of hydrogen-bond acceptors (Lipinski definition) is 3. The van der Waals surface area contributed by atoms with Crippen LogP contribution in [0.5, 0.6) is 0 Å². The molecule has 2 aromatic carbocycles. The number of thiazole rings is 1. The van der Waals surface area contributed by atoms with Crippen LogP contribution in [0.1, 0.15) is 11.9 Å². The number of piperazine rings is 1. The Morgan fingerprint density at radius 1 is 1.07 bits per heavy atom. The molecule has 0 aliphatic carbocycles. The van der Waals surface area contributed by atoms with E-state index in [1.807, 2.05) is 43.3 Å². The molecule has 3 aromatic rings. The first-order valence-corrected chi connectivity index (χ1v) is 10.4. The van der Waals surface area contributed by atoms with Crippen molar-refractivity contribution in [1.82, 2.24) is 4.98 Å². The maximum Gasteiger partial charge on any atom is 0.282 e. The molecule has 1 fully saturated rings. The van der Waals surface area contributed by atoms with E-state index in [2.05, 4.69) is 23.5 Å². The minimum Gasteiger partial charge on any atom is -0.321 e. The van der Waals surface area contributed by atoms with Crippen LogP contribution in [0.3, 0.4) is 0 Å². The average Bonchev–Trinajstić information content (AvgIpc) is 3.11. The van der Waals surface area contributed by atoms with Gasteiger partial charge in [0.25, 0.3) is 5.91 Å². The number of aromatic nitrogens is 1. The Hall–Kier alpha value is -2.28. The van der Waals surface area contributed by atoms with Gasteiger partial charge in [-0.25, -0.2) is 4.98 Å². The zero-order chi connectivity index (χ0) is 18.6. The van der Waals surface area contributed by atoms with Crippen molar-refractivity contribution in [3.8, 4) is 0 Å². The van der Waals surface area contributed by atoms with E-state index in [9.17, 15) is 4.79 Å². The van der Waals surface area contributed by atoms with Crippen LogP contribution < -0.4 is 15.1 Å². The number of para-hydroxylation sites is 2. The van der Waals surface area contributed by atoms with E-state index in [0.717, 1.165) is 43.9 Å². The Bertz CT molecular complexity index is 870. The van der Waals surface area contributed by atoms with Gasteiger partial charge in [-0.15, -0.1) is 11.3 Å². The van der Waals surface area contributed by atoms with Crippen molar-refractivity contribution in [1.29, 1.82) is 0 Å². The Morgan fingerprint density at radius 2 is 1.78 bits per heavy atom. The second-order valence-electron chi connectivity index (χ2n) is 7.24. The van der Waals surface area contributed by atoms with E-state index < -0.39 is 0 Å². The van der Waals surface area contributed by atoms with Crippen molar-refractivity contribution < 1.29 is 14.6 Å². The van der Waals surface area contributed by atoms with Gasteiger partial charge in [-0.3, -0.25) is 4.79 Å². The topological polar surface area (TPSA) is 50.9 Å². The molecule has 6 heteroatoms. The lowest BCUT2D eigenvalue weighted by molar-refractivity contribution is -1.02. The highest BCUT2D eigenvalue weighted by Gasteiger charge is 2.31. The van der Waals surface area contributed by atoms with Crippen molar-refractivity contribution in [2.45, 2.75) is 19.5 Å². The molecule has 1 aliphatic rings. The van der Waals surface area contributed by atoms with Gasteiger partial charge in [0.2, 0.25) is 0 Å². The summed E-state index contributed by atoms with van der Waals surface area (Å²) in [5.74, 6) is 0.103. The van der Waals surface area contributed by atoms with Crippen LogP contribution in [0.2, 0.25) is 0 Å². The maximum absolute atomic E-state index is 12.5. The Kier molecular flexibility index (Phi) is 5.48. The molecular weight excluding hydrogens is 356 g/mol. The van der Waals surface area contributed by atoms with E-state index in [1.165, 1.54) is 14.6 Å². The number of quaternary nitrogens is 2. The van der Waals surface area contributed by atoms with Gasteiger partial charge in [0.05, 0.1) is 10.2 Å². The molecule has 1 aliphatic heterocycles. The minimum absolute atomic E-state index is 0.0331. The fourth-order valence-corrected chi connectivity index (χ4v) is 4.74. The number of amides is 1. The van der Waals surface area contributed by atoms with Crippen molar-refractivity contribution >= 4 is 33.1 Å². The zero-order valence-corrected chi connectivity index (χ0v) is 16.4. The molecule has 0 bridgehead atoms. The van der Waals surface area contributed by atoms with Gasteiger partial charge < -0.3 is 15.1 Å². The van der Waals surface area contributed by atoms with Crippen LogP contribution >= 0.6 is 11.3 Å². The minimum atomic E-state index is -0.0331. The lowest BCUT2D eigenvalue weighted by Gasteiger charge is -2.32. The number of anilines is 1. The maximum atomic E-state index is 12.5. The SMILES string of the molecule is C[C@H](C(=O)Nc1ccccc1)[NH+]1CC[NH+](Cc2nc3ccccc3s2)CC1. The van der Waals surface area contributed by atoms with E-state index in [4.69, 9.17) is 4.98 Å². The van der Waals surface area contributed by atoms with Gasteiger partial charge in [-0.1, -0.05) is 30.3 Å². The lowest BCUT2D eigenvalue weighted by Crippen LogP contribution is -3.29. The van der Waals surface area contributed by atoms with E-state index in [0.29, 0.717) is 0 Å². The molecule has 0 radical (unpaired) electrons. The summed E-state index contributed by atoms with van der Waals surface area (Å²) < 4.78 is 1.27. The third-order valence-electron chi connectivity index (χ3n) is 5.39. The largest absolute Gasteiger partial charge is 0.321 e. The van der Waals surface area contributed by atoms with Crippen molar-refractivity contribution in [3.63, 3.8) is 0 Å². The molecule has 5 nitrogen and oxygen atoms in total. The first-order chi connectivity index (χ1) is 13.2.